The molecule has 0 aliphatic carbocycles. The van der Waals surface area contributed by atoms with Crippen molar-refractivity contribution in [2.45, 2.75) is 0 Å². The number of rotatable bonds is 2. The summed E-state index contributed by atoms with van der Waals surface area (Å²) in [5.74, 6) is 0.106. The Morgan fingerprint density at radius 2 is 1.70 bits per heavy atom. The molecule has 23 heavy (non-hydrogen) atoms. The van der Waals surface area contributed by atoms with Crippen LogP contribution in [0.5, 0.6) is 0 Å². The zero-order chi connectivity index (χ0) is 15.8. The highest BCUT2D eigenvalue weighted by atomic mass is 19.1. The lowest BCUT2D eigenvalue weighted by molar-refractivity contribution is 0.603. The number of piperazine rings is 1. The van der Waals surface area contributed by atoms with Gasteiger partial charge in [0.2, 0.25) is 5.95 Å². The lowest BCUT2D eigenvalue weighted by Gasteiger charge is -2.36. The third-order valence-electron chi connectivity index (χ3n) is 4.04. The van der Waals surface area contributed by atoms with E-state index in [4.69, 9.17) is 0 Å². The topological polar surface area (TPSA) is 80.9 Å². The first-order valence-electron chi connectivity index (χ1n) is 7.39. The fraction of sp³-hybridized carbons (Fsp3) is 0.267. The normalized spacial score (nSPS) is 15.3. The summed E-state index contributed by atoms with van der Waals surface area (Å²) in [4.78, 5) is 29.4. The molecule has 0 unspecified atom stereocenters. The first-order valence-corrected chi connectivity index (χ1v) is 7.39. The quantitative estimate of drug-likeness (QED) is 0.741. The number of para-hydroxylation sites is 1. The van der Waals surface area contributed by atoms with Crippen LogP contribution in [0.1, 0.15) is 0 Å². The summed E-state index contributed by atoms with van der Waals surface area (Å²) in [5, 5.41) is 0. The van der Waals surface area contributed by atoms with Crippen molar-refractivity contribution < 1.29 is 4.39 Å². The Bertz CT molecular complexity index is 879. The summed E-state index contributed by atoms with van der Waals surface area (Å²) < 4.78 is 12.9. The molecular weight excluding hydrogens is 299 g/mol. The number of benzene rings is 1. The van der Waals surface area contributed by atoms with E-state index >= 15 is 0 Å². The van der Waals surface area contributed by atoms with Crippen molar-refractivity contribution in [2.24, 2.45) is 0 Å². The van der Waals surface area contributed by atoms with Crippen molar-refractivity contribution in [1.82, 2.24) is 19.9 Å². The van der Waals surface area contributed by atoms with Crippen molar-refractivity contribution in [2.75, 3.05) is 36.0 Å². The average molecular weight is 314 g/mol. The first-order chi connectivity index (χ1) is 11.2. The molecule has 1 fully saturated rings. The van der Waals surface area contributed by atoms with Gasteiger partial charge in [-0.15, -0.1) is 0 Å². The lowest BCUT2D eigenvalue weighted by Crippen LogP contribution is -2.47. The van der Waals surface area contributed by atoms with Gasteiger partial charge in [-0.3, -0.25) is 0 Å². The van der Waals surface area contributed by atoms with Crippen LogP contribution in [0.15, 0.2) is 35.4 Å². The van der Waals surface area contributed by atoms with Crippen LogP contribution in [0.3, 0.4) is 0 Å². The van der Waals surface area contributed by atoms with Crippen LogP contribution in [-0.2, 0) is 0 Å². The number of hydrogen-bond donors (Lipinski definition) is 2. The van der Waals surface area contributed by atoms with Gasteiger partial charge in [0.25, 0.3) is 0 Å². The monoisotopic (exact) mass is 314 g/mol. The number of H-pyrrole nitrogens is 2. The van der Waals surface area contributed by atoms with Gasteiger partial charge in [-0.2, -0.15) is 0 Å². The predicted molar refractivity (Wildman–Crippen MR) is 85.3 cm³/mol. The second-order valence-corrected chi connectivity index (χ2v) is 5.45. The molecule has 2 N–H and O–H groups in total. The second-order valence-electron chi connectivity index (χ2n) is 5.45. The van der Waals surface area contributed by atoms with Gasteiger partial charge in [0.15, 0.2) is 5.82 Å². The SMILES string of the molecule is O=c1[nH]c2cccc(N3CCN(c4ncc(F)cn4)CC3)c2[nH]1. The highest BCUT2D eigenvalue weighted by Gasteiger charge is 2.21. The molecule has 1 saturated heterocycles. The van der Waals surface area contributed by atoms with Crippen molar-refractivity contribution in [1.29, 1.82) is 0 Å². The van der Waals surface area contributed by atoms with Gasteiger partial charge in [0.05, 0.1) is 29.1 Å². The standard InChI is InChI=1S/C15H15FN6O/c16-10-8-17-14(18-9-10)22-6-4-21(5-7-22)12-3-1-2-11-13(12)20-15(23)19-11/h1-3,8-9H,4-7H2,(H2,19,20,23). The van der Waals surface area contributed by atoms with Gasteiger partial charge < -0.3 is 19.8 Å². The Hall–Kier alpha value is -2.90. The van der Waals surface area contributed by atoms with Gasteiger partial charge in [0.1, 0.15) is 0 Å². The van der Waals surface area contributed by atoms with Crippen LogP contribution < -0.4 is 15.5 Å². The van der Waals surface area contributed by atoms with E-state index in [1.807, 2.05) is 23.1 Å². The molecule has 1 aliphatic heterocycles. The molecule has 1 aliphatic rings. The Morgan fingerprint density at radius 3 is 2.43 bits per heavy atom. The number of imidazole rings is 1. The van der Waals surface area contributed by atoms with Crippen LogP contribution in [0.25, 0.3) is 11.0 Å². The first kappa shape index (κ1) is 13.7. The van der Waals surface area contributed by atoms with E-state index in [1.165, 1.54) is 12.4 Å². The minimum atomic E-state index is -0.435. The van der Waals surface area contributed by atoms with E-state index in [0.717, 1.165) is 42.9 Å². The molecular formula is C15H15FN6O. The largest absolute Gasteiger partial charge is 0.366 e. The summed E-state index contributed by atoms with van der Waals surface area (Å²) in [6.45, 7) is 3.01. The van der Waals surface area contributed by atoms with Gasteiger partial charge >= 0.3 is 5.69 Å². The molecule has 2 aromatic heterocycles. The van der Waals surface area contributed by atoms with Gasteiger partial charge in [-0.25, -0.2) is 19.2 Å². The van der Waals surface area contributed by atoms with Crippen LogP contribution in [0.4, 0.5) is 16.0 Å². The molecule has 0 saturated carbocycles. The molecule has 7 nitrogen and oxygen atoms in total. The molecule has 0 bridgehead atoms. The minimum Gasteiger partial charge on any atom is -0.366 e. The molecule has 0 spiro atoms. The molecule has 1 aromatic carbocycles. The van der Waals surface area contributed by atoms with E-state index in [0.29, 0.717) is 5.95 Å². The zero-order valence-electron chi connectivity index (χ0n) is 12.3. The maximum atomic E-state index is 12.9. The van der Waals surface area contributed by atoms with E-state index in [2.05, 4.69) is 24.8 Å². The number of nitrogens with one attached hydrogen (secondary N) is 2. The molecule has 4 rings (SSSR count). The highest BCUT2D eigenvalue weighted by molar-refractivity contribution is 5.88. The Morgan fingerprint density at radius 1 is 1.00 bits per heavy atom. The molecule has 3 heterocycles. The molecule has 0 amide bonds. The summed E-state index contributed by atoms with van der Waals surface area (Å²) in [7, 11) is 0. The predicted octanol–water partition coefficient (Wildman–Crippen LogP) is 1.11. The van der Waals surface area contributed by atoms with E-state index in [1.54, 1.807) is 0 Å². The zero-order valence-corrected chi connectivity index (χ0v) is 12.3. The Labute approximate surface area is 130 Å². The van der Waals surface area contributed by atoms with E-state index in [9.17, 15) is 9.18 Å². The maximum absolute atomic E-state index is 12.9. The van der Waals surface area contributed by atoms with E-state index < -0.39 is 5.82 Å². The van der Waals surface area contributed by atoms with Crippen LogP contribution in [0.2, 0.25) is 0 Å². The third kappa shape index (κ3) is 2.52. The summed E-state index contributed by atoms with van der Waals surface area (Å²) in [6, 6.07) is 5.80. The lowest BCUT2D eigenvalue weighted by atomic mass is 10.2. The molecule has 3 aromatic rings. The molecule has 0 radical (unpaired) electrons. The van der Waals surface area contributed by atoms with Crippen molar-refractivity contribution in [3.63, 3.8) is 0 Å². The fourth-order valence-electron chi connectivity index (χ4n) is 2.92. The summed E-state index contributed by atoms with van der Waals surface area (Å²) >= 11 is 0. The molecule has 118 valence electrons. The smallest absolute Gasteiger partial charge is 0.323 e. The minimum absolute atomic E-state index is 0.203. The summed E-state index contributed by atoms with van der Waals surface area (Å²) in [6.07, 6.45) is 2.36. The van der Waals surface area contributed by atoms with Gasteiger partial charge in [-0.05, 0) is 12.1 Å². The molecule has 8 heteroatoms. The van der Waals surface area contributed by atoms with Gasteiger partial charge in [0, 0.05) is 26.2 Å². The number of hydrogen-bond acceptors (Lipinski definition) is 5. The number of aromatic nitrogens is 4. The van der Waals surface area contributed by atoms with Crippen molar-refractivity contribution in [3.05, 3.63) is 46.9 Å². The Balaban J connectivity index is 1.54. The van der Waals surface area contributed by atoms with Crippen LogP contribution >= 0.6 is 0 Å². The Kier molecular flexibility index (Phi) is 3.22. The van der Waals surface area contributed by atoms with Crippen LogP contribution in [-0.4, -0.2) is 46.1 Å². The van der Waals surface area contributed by atoms with Crippen LogP contribution in [0, 0.1) is 5.82 Å². The summed E-state index contributed by atoms with van der Waals surface area (Å²) in [5.41, 5.74) is 2.42. The van der Waals surface area contributed by atoms with Crippen molar-refractivity contribution in [3.8, 4) is 0 Å². The second kappa shape index (κ2) is 5.38. The number of halogens is 1. The maximum Gasteiger partial charge on any atom is 0.323 e. The molecule has 0 atom stereocenters. The number of anilines is 2. The van der Waals surface area contributed by atoms with Gasteiger partial charge in [-0.1, -0.05) is 6.07 Å². The number of nitrogens with zero attached hydrogens (tertiary/aromatic N) is 4. The van der Waals surface area contributed by atoms with E-state index in [-0.39, 0.29) is 5.69 Å². The number of aromatic amines is 2. The number of fused-ring (bicyclic) bond motifs is 1. The fourth-order valence-corrected chi connectivity index (χ4v) is 2.92. The highest BCUT2D eigenvalue weighted by Crippen LogP contribution is 2.24. The van der Waals surface area contributed by atoms with Crippen molar-refractivity contribution >= 4 is 22.7 Å². The average Bonchev–Trinajstić information content (AvgIpc) is 2.96. The third-order valence-corrected chi connectivity index (χ3v) is 4.04.